The Balaban J connectivity index is 2.79. The van der Waals surface area contributed by atoms with Gasteiger partial charge in [0.2, 0.25) is 5.91 Å². The summed E-state index contributed by atoms with van der Waals surface area (Å²) in [6.07, 6.45) is 1.72. The smallest absolute Gasteiger partial charge is 0.239 e. The average molecular weight is 244 g/mol. The van der Waals surface area contributed by atoms with E-state index in [9.17, 15) is 13.2 Å². The SMILES string of the molecule is CC(C)(C#N)NC(=O)C1CCCCS1(=O)=O. The van der Waals surface area contributed by atoms with Crippen LogP contribution in [0.4, 0.5) is 0 Å². The Kier molecular flexibility index (Phi) is 3.58. The van der Waals surface area contributed by atoms with Crippen LogP contribution in [0.3, 0.4) is 0 Å². The van der Waals surface area contributed by atoms with Gasteiger partial charge in [-0.05, 0) is 26.7 Å². The second kappa shape index (κ2) is 4.42. The molecule has 1 aliphatic rings. The fraction of sp³-hybridized carbons (Fsp3) is 0.800. The standard InChI is InChI=1S/C10H16N2O3S/c1-10(2,7-11)12-9(13)8-5-3-4-6-16(8,14)15/h8H,3-6H2,1-2H3,(H,12,13). The number of amides is 1. The molecule has 0 spiro atoms. The van der Waals surface area contributed by atoms with Crippen molar-refractivity contribution in [1.29, 1.82) is 5.26 Å². The fourth-order valence-electron chi connectivity index (χ4n) is 1.67. The Morgan fingerprint density at radius 3 is 2.56 bits per heavy atom. The van der Waals surface area contributed by atoms with Crippen LogP contribution >= 0.6 is 0 Å². The lowest BCUT2D eigenvalue weighted by molar-refractivity contribution is -0.121. The quantitative estimate of drug-likeness (QED) is 0.760. The van der Waals surface area contributed by atoms with Crippen LogP contribution in [-0.4, -0.2) is 30.9 Å². The summed E-state index contributed by atoms with van der Waals surface area (Å²) < 4.78 is 23.3. The minimum Gasteiger partial charge on any atom is -0.337 e. The highest BCUT2D eigenvalue weighted by atomic mass is 32.2. The Morgan fingerprint density at radius 2 is 2.06 bits per heavy atom. The zero-order chi connectivity index (χ0) is 12.4. The number of carbonyl (C=O) groups is 1. The van der Waals surface area contributed by atoms with Crippen molar-refractivity contribution in [3.05, 3.63) is 0 Å². The highest BCUT2D eigenvalue weighted by molar-refractivity contribution is 7.92. The van der Waals surface area contributed by atoms with Crippen LogP contribution in [0.5, 0.6) is 0 Å². The highest BCUT2D eigenvalue weighted by Gasteiger charge is 2.36. The van der Waals surface area contributed by atoms with E-state index in [0.29, 0.717) is 12.8 Å². The van der Waals surface area contributed by atoms with Crippen LogP contribution in [0.25, 0.3) is 0 Å². The average Bonchev–Trinajstić information content (AvgIpc) is 2.16. The molecular formula is C10H16N2O3S. The zero-order valence-corrected chi connectivity index (χ0v) is 10.3. The molecule has 1 heterocycles. The summed E-state index contributed by atoms with van der Waals surface area (Å²) in [5, 5.41) is 10.2. The van der Waals surface area contributed by atoms with Crippen LogP contribution < -0.4 is 5.32 Å². The summed E-state index contributed by atoms with van der Waals surface area (Å²) in [5.74, 6) is -0.482. The molecule has 1 N–H and O–H groups in total. The van der Waals surface area contributed by atoms with Crippen molar-refractivity contribution >= 4 is 15.7 Å². The van der Waals surface area contributed by atoms with E-state index in [1.807, 2.05) is 6.07 Å². The first-order valence-corrected chi connectivity index (χ1v) is 6.95. The molecule has 0 aromatic rings. The first-order valence-electron chi connectivity index (χ1n) is 5.23. The van der Waals surface area contributed by atoms with E-state index in [1.165, 1.54) is 0 Å². The molecule has 1 atom stereocenters. The summed E-state index contributed by atoms with van der Waals surface area (Å²) in [4.78, 5) is 11.7. The first-order chi connectivity index (χ1) is 7.28. The van der Waals surface area contributed by atoms with E-state index in [2.05, 4.69) is 5.32 Å². The Bertz CT molecular complexity index is 420. The maximum absolute atomic E-state index is 11.7. The number of nitriles is 1. The van der Waals surface area contributed by atoms with Gasteiger partial charge in [-0.15, -0.1) is 0 Å². The van der Waals surface area contributed by atoms with Crippen molar-refractivity contribution in [1.82, 2.24) is 5.32 Å². The summed E-state index contributed by atoms with van der Waals surface area (Å²) in [6, 6.07) is 1.91. The van der Waals surface area contributed by atoms with Crippen LogP contribution in [0, 0.1) is 11.3 Å². The van der Waals surface area contributed by atoms with Crippen molar-refractivity contribution in [3.8, 4) is 6.07 Å². The molecule has 6 heteroatoms. The maximum Gasteiger partial charge on any atom is 0.239 e. The van der Waals surface area contributed by atoms with Gasteiger partial charge in [-0.1, -0.05) is 6.42 Å². The van der Waals surface area contributed by atoms with Crippen LogP contribution in [0.1, 0.15) is 33.1 Å². The Hall–Kier alpha value is -1.09. The number of carbonyl (C=O) groups excluding carboxylic acids is 1. The van der Waals surface area contributed by atoms with E-state index in [4.69, 9.17) is 5.26 Å². The van der Waals surface area contributed by atoms with Crippen LogP contribution in [0.15, 0.2) is 0 Å². The highest BCUT2D eigenvalue weighted by Crippen LogP contribution is 2.20. The van der Waals surface area contributed by atoms with E-state index < -0.39 is 26.5 Å². The van der Waals surface area contributed by atoms with E-state index >= 15 is 0 Å². The molecule has 0 bridgehead atoms. The van der Waals surface area contributed by atoms with Gasteiger partial charge >= 0.3 is 0 Å². The van der Waals surface area contributed by atoms with E-state index in [-0.39, 0.29) is 5.75 Å². The molecule has 5 nitrogen and oxygen atoms in total. The van der Waals surface area contributed by atoms with Gasteiger partial charge in [0.15, 0.2) is 9.84 Å². The first kappa shape index (κ1) is 13.0. The predicted octanol–water partition coefficient (Wildman–Crippen LogP) is 0.372. The second-order valence-corrected chi connectivity index (χ2v) is 6.88. The monoisotopic (exact) mass is 244 g/mol. The minimum atomic E-state index is -3.32. The summed E-state index contributed by atoms with van der Waals surface area (Å²) >= 11 is 0. The van der Waals surface area contributed by atoms with Gasteiger partial charge < -0.3 is 5.32 Å². The number of nitrogens with one attached hydrogen (secondary N) is 1. The lowest BCUT2D eigenvalue weighted by Crippen LogP contribution is -2.50. The third-order valence-corrected chi connectivity index (χ3v) is 4.76. The predicted molar refractivity (Wildman–Crippen MR) is 59.3 cm³/mol. The van der Waals surface area contributed by atoms with Gasteiger partial charge in [-0.25, -0.2) is 8.42 Å². The minimum absolute atomic E-state index is 0.0675. The molecule has 0 radical (unpaired) electrons. The molecule has 1 amide bonds. The van der Waals surface area contributed by atoms with Gasteiger partial charge in [0.1, 0.15) is 10.8 Å². The maximum atomic E-state index is 11.7. The van der Waals surface area contributed by atoms with Gasteiger partial charge in [0.25, 0.3) is 0 Å². The lowest BCUT2D eigenvalue weighted by atomic mass is 10.1. The topological polar surface area (TPSA) is 87.0 Å². The van der Waals surface area contributed by atoms with Gasteiger partial charge in [-0.3, -0.25) is 4.79 Å². The van der Waals surface area contributed by atoms with Crippen LogP contribution in [-0.2, 0) is 14.6 Å². The number of nitrogens with zero attached hydrogens (tertiary/aromatic N) is 1. The van der Waals surface area contributed by atoms with E-state index in [1.54, 1.807) is 13.8 Å². The van der Waals surface area contributed by atoms with Crippen molar-refractivity contribution in [2.45, 2.75) is 43.9 Å². The normalized spacial score (nSPS) is 24.4. The third-order valence-electron chi connectivity index (χ3n) is 2.59. The molecule has 90 valence electrons. The molecule has 1 aliphatic heterocycles. The van der Waals surface area contributed by atoms with Crippen molar-refractivity contribution < 1.29 is 13.2 Å². The largest absolute Gasteiger partial charge is 0.337 e. The van der Waals surface area contributed by atoms with Crippen molar-refractivity contribution in [3.63, 3.8) is 0 Å². The van der Waals surface area contributed by atoms with Crippen molar-refractivity contribution in [2.24, 2.45) is 0 Å². The van der Waals surface area contributed by atoms with Gasteiger partial charge in [-0.2, -0.15) is 5.26 Å². The van der Waals surface area contributed by atoms with Crippen LogP contribution in [0.2, 0.25) is 0 Å². The summed E-state index contributed by atoms with van der Waals surface area (Å²) in [6.45, 7) is 3.08. The summed E-state index contributed by atoms with van der Waals surface area (Å²) in [7, 11) is -3.32. The van der Waals surface area contributed by atoms with E-state index in [0.717, 1.165) is 6.42 Å². The molecule has 1 saturated heterocycles. The molecule has 16 heavy (non-hydrogen) atoms. The molecule has 1 fully saturated rings. The second-order valence-electron chi connectivity index (χ2n) is 4.58. The molecule has 0 aromatic heterocycles. The fourth-order valence-corrected chi connectivity index (χ4v) is 3.47. The third kappa shape index (κ3) is 2.95. The van der Waals surface area contributed by atoms with Crippen molar-refractivity contribution in [2.75, 3.05) is 5.75 Å². The Morgan fingerprint density at radius 1 is 1.44 bits per heavy atom. The summed E-state index contributed by atoms with van der Waals surface area (Å²) in [5.41, 5.74) is -1.02. The molecular weight excluding hydrogens is 228 g/mol. The molecule has 0 saturated carbocycles. The van der Waals surface area contributed by atoms with Gasteiger partial charge in [0, 0.05) is 0 Å². The zero-order valence-electron chi connectivity index (χ0n) is 9.49. The lowest BCUT2D eigenvalue weighted by Gasteiger charge is -2.25. The number of hydrogen-bond acceptors (Lipinski definition) is 4. The molecule has 1 rings (SSSR count). The Labute approximate surface area is 95.7 Å². The molecule has 0 aliphatic carbocycles. The molecule has 0 aromatic carbocycles. The number of rotatable bonds is 2. The number of sulfone groups is 1. The number of hydrogen-bond donors (Lipinski definition) is 1. The molecule has 1 unspecified atom stereocenters. The van der Waals surface area contributed by atoms with Gasteiger partial charge in [0.05, 0.1) is 11.8 Å².